The fraction of sp³-hybridized carbons (Fsp3) is 0.500. The van der Waals surface area contributed by atoms with Gasteiger partial charge in [-0.15, -0.1) is 0 Å². The molecule has 0 saturated carbocycles. The van der Waals surface area contributed by atoms with E-state index >= 15 is 0 Å². The van der Waals surface area contributed by atoms with E-state index < -0.39 is 0 Å². The third kappa shape index (κ3) is 2.83. The summed E-state index contributed by atoms with van der Waals surface area (Å²) in [6.45, 7) is 2.23. The number of rotatable bonds is 3. The molecular weight excluding hydrogens is 282 g/mol. The van der Waals surface area contributed by atoms with Crippen LogP contribution in [0.5, 0.6) is 11.5 Å². The zero-order valence-corrected chi connectivity index (χ0v) is 11.7. The Hall–Kier alpha value is -1.46. The van der Waals surface area contributed by atoms with Gasteiger partial charge in [-0.3, -0.25) is 4.79 Å². The summed E-state index contributed by atoms with van der Waals surface area (Å²) in [6, 6.07) is 3.26. The highest BCUT2D eigenvalue weighted by Gasteiger charge is 2.20. The molecule has 0 unspecified atom stereocenters. The van der Waals surface area contributed by atoms with E-state index in [1.807, 2.05) is 0 Å². The molecule has 1 aromatic rings. The topological polar surface area (TPSA) is 56.8 Å². The van der Waals surface area contributed by atoms with E-state index in [2.05, 4.69) is 5.32 Å². The molecule has 0 bridgehead atoms. The van der Waals surface area contributed by atoms with Crippen LogP contribution in [0, 0.1) is 0 Å². The first-order valence-electron chi connectivity index (χ1n) is 6.73. The quantitative estimate of drug-likeness (QED) is 0.927. The molecule has 1 aromatic carbocycles. The van der Waals surface area contributed by atoms with Crippen LogP contribution in [0.2, 0.25) is 5.02 Å². The number of halogens is 1. The summed E-state index contributed by atoms with van der Waals surface area (Å²) in [7, 11) is 0. The van der Waals surface area contributed by atoms with Gasteiger partial charge in [0.25, 0.3) is 5.91 Å². The summed E-state index contributed by atoms with van der Waals surface area (Å²) < 4.78 is 16.3. The molecule has 2 heterocycles. The Labute approximate surface area is 122 Å². The molecular formula is C14H16ClNO4. The van der Waals surface area contributed by atoms with Crippen molar-refractivity contribution in [3.63, 3.8) is 0 Å². The van der Waals surface area contributed by atoms with Gasteiger partial charge in [-0.25, -0.2) is 0 Å². The van der Waals surface area contributed by atoms with Gasteiger partial charge in [-0.2, -0.15) is 0 Å². The van der Waals surface area contributed by atoms with Crippen LogP contribution in [-0.2, 0) is 4.74 Å². The summed E-state index contributed by atoms with van der Waals surface area (Å²) in [4.78, 5) is 12.1. The van der Waals surface area contributed by atoms with Crippen molar-refractivity contribution in [3.05, 3.63) is 22.7 Å². The van der Waals surface area contributed by atoms with Gasteiger partial charge in [-0.05, 0) is 25.0 Å². The summed E-state index contributed by atoms with van der Waals surface area (Å²) in [5, 5.41) is 3.25. The van der Waals surface area contributed by atoms with E-state index in [-0.39, 0.29) is 12.0 Å². The van der Waals surface area contributed by atoms with Crippen molar-refractivity contribution in [2.75, 3.05) is 26.4 Å². The molecule has 2 aliphatic rings. The Kier molecular flexibility index (Phi) is 3.98. The number of nitrogens with one attached hydrogen (secondary N) is 1. The number of amides is 1. The molecule has 0 radical (unpaired) electrons. The zero-order chi connectivity index (χ0) is 13.9. The van der Waals surface area contributed by atoms with Crippen LogP contribution >= 0.6 is 11.6 Å². The fourth-order valence-electron chi connectivity index (χ4n) is 2.36. The number of ether oxygens (including phenoxy) is 3. The molecule has 3 rings (SSSR count). The minimum absolute atomic E-state index is 0.117. The van der Waals surface area contributed by atoms with Crippen molar-refractivity contribution in [1.82, 2.24) is 5.32 Å². The molecule has 0 aromatic heterocycles. The maximum atomic E-state index is 12.1. The lowest BCUT2D eigenvalue weighted by atomic mass is 10.1. The lowest BCUT2D eigenvalue weighted by Gasteiger charge is -2.20. The molecule has 1 fully saturated rings. The molecule has 20 heavy (non-hydrogen) atoms. The smallest absolute Gasteiger partial charge is 0.251 e. The maximum Gasteiger partial charge on any atom is 0.251 e. The zero-order valence-electron chi connectivity index (χ0n) is 11.0. The van der Waals surface area contributed by atoms with E-state index in [1.54, 1.807) is 12.1 Å². The number of carbonyl (C=O) groups is 1. The van der Waals surface area contributed by atoms with Crippen LogP contribution in [0.1, 0.15) is 23.2 Å². The summed E-state index contributed by atoms with van der Waals surface area (Å²) >= 11 is 6.11. The molecule has 0 spiro atoms. The van der Waals surface area contributed by atoms with Gasteiger partial charge in [0.05, 0.1) is 11.1 Å². The first-order valence-corrected chi connectivity index (χ1v) is 7.11. The van der Waals surface area contributed by atoms with E-state index in [9.17, 15) is 4.79 Å². The highest BCUT2D eigenvalue weighted by atomic mass is 35.5. The minimum Gasteiger partial charge on any atom is -0.486 e. The molecule has 1 amide bonds. The summed E-state index contributed by atoms with van der Waals surface area (Å²) in [5.74, 6) is 0.846. The molecule has 6 heteroatoms. The average molecular weight is 298 g/mol. The van der Waals surface area contributed by atoms with Gasteiger partial charge < -0.3 is 19.5 Å². The highest BCUT2D eigenvalue weighted by molar-refractivity contribution is 6.32. The second-order valence-corrected chi connectivity index (χ2v) is 5.23. The first-order chi connectivity index (χ1) is 9.74. The molecule has 1 saturated heterocycles. The van der Waals surface area contributed by atoms with Crippen LogP contribution in [0.4, 0.5) is 0 Å². The van der Waals surface area contributed by atoms with Crippen molar-refractivity contribution in [2.45, 2.75) is 18.9 Å². The van der Waals surface area contributed by atoms with Crippen LogP contribution in [0.15, 0.2) is 12.1 Å². The second-order valence-electron chi connectivity index (χ2n) is 4.83. The van der Waals surface area contributed by atoms with Crippen LogP contribution in [0.25, 0.3) is 0 Å². The van der Waals surface area contributed by atoms with Gasteiger partial charge in [0.1, 0.15) is 13.2 Å². The number of fused-ring (bicyclic) bond motifs is 1. The Bertz CT molecular complexity index is 514. The Morgan fingerprint density at radius 3 is 2.95 bits per heavy atom. The normalized spacial score (nSPS) is 20.8. The van der Waals surface area contributed by atoms with Crippen molar-refractivity contribution in [3.8, 4) is 11.5 Å². The predicted molar refractivity (Wildman–Crippen MR) is 73.7 cm³/mol. The van der Waals surface area contributed by atoms with E-state index in [0.717, 1.165) is 19.4 Å². The number of hydrogen-bond acceptors (Lipinski definition) is 4. The molecule has 0 aliphatic carbocycles. The fourth-order valence-corrected chi connectivity index (χ4v) is 2.62. The standard InChI is InChI=1S/C14H16ClNO4/c15-11-6-9(7-12-13(11)20-5-4-19-12)14(17)16-8-10-2-1-3-18-10/h6-7,10H,1-5,8H2,(H,16,17)/t10-/m0/s1. The number of benzene rings is 1. The third-order valence-electron chi connectivity index (χ3n) is 3.37. The Morgan fingerprint density at radius 2 is 2.15 bits per heavy atom. The SMILES string of the molecule is O=C(NC[C@@H]1CCCO1)c1cc(Cl)c2c(c1)OCCO2. The maximum absolute atomic E-state index is 12.1. The predicted octanol–water partition coefficient (Wildman–Crippen LogP) is 2.02. The minimum atomic E-state index is -0.181. The van der Waals surface area contributed by atoms with Crippen molar-refractivity contribution < 1.29 is 19.0 Å². The Balaban J connectivity index is 1.69. The lowest BCUT2D eigenvalue weighted by molar-refractivity contribution is 0.0857. The van der Waals surface area contributed by atoms with Gasteiger partial charge >= 0.3 is 0 Å². The molecule has 1 atom stereocenters. The van der Waals surface area contributed by atoms with E-state index in [1.165, 1.54) is 0 Å². The highest BCUT2D eigenvalue weighted by Crippen LogP contribution is 2.38. The lowest BCUT2D eigenvalue weighted by Crippen LogP contribution is -2.31. The van der Waals surface area contributed by atoms with Gasteiger partial charge in [0.2, 0.25) is 0 Å². The van der Waals surface area contributed by atoms with Crippen molar-refractivity contribution >= 4 is 17.5 Å². The van der Waals surface area contributed by atoms with Crippen LogP contribution < -0.4 is 14.8 Å². The summed E-state index contributed by atoms with van der Waals surface area (Å²) in [5.41, 5.74) is 0.470. The first kappa shape index (κ1) is 13.5. The van der Waals surface area contributed by atoms with Crippen molar-refractivity contribution in [2.24, 2.45) is 0 Å². The Morgan fingerprint density at radius 1 is 1.30 bits per heavy atom. The molecule has 2 aliphatic heterocycles. The molecule has 108 valence electrons. The van der Waals surface area contributed by atoms with Gasteiger partial charge in [-0.1, -0.05) is 11.6 Å². The van der Waals surface area contributed by atoms with Crippen molar-refractivity contribution in [1.29, 1.82) is 0 Å². The number of carbonyl (C=O) groups excluding carboxylic acids is 1. The van der Waals surface area contributed by atoms with Crippen LogP contribution in [-0.4, -0.2) is 38.4 Å². The van der Waals surface area contributed by atoms with Crippen LogP contribution in [0.3, 0.4) is 0 Å². The third-order valence-corrected chi connectivity index (χ3v) is 3.65. The number of hydrogen-bond donors (Lipinski definition) is 1. The summed E-state index contributed by atoms with van der Waals surface area (Å²) in [6.07, 6.45) is 2.16. The molecule has 5 nitrogen and oxygen atoms in total. The van der Waals surface area contributed by atoms with E-state index in [4.69, 9.17) is 25.8 Å². The average Bonchev–Trinajstić information content (AvgIpc) is 2.98. The molecule has 1 N–H and O–H groups in total. The van der Waals surface area contributed by atoms with Gasteiger partial charge in [0.15, 0.2) is 11.5 Å². The van der Waals surface area contributed by atoms with E-state index in [0.29, 0.717) is 41.8 Å². The second kappa shape index (κ2) is 5.89. The van der Waals surface area contributed by atoms with Gasteiger partial charge in [0, 0.05) is 18.7 Å². The largest absolute Gasteiger partial charge is 0.486 e. The monoisotopic (exact) mass is 297 g/mol.